The summed E-state index contributed by atoms with van der Waals surface area (Å²) in [6.07, 6.45) is 4.71. The topological polar surface area (TPSA) is 79.3 Å². The molecule has 0 aliphatic heterocycles. The van der Waals surface area contributed by atoms with Gasteiger partial charge in [0.15, 0.2) is 0 Å². The third-order valence-corrected chi connectivity index (χ3v) is 4.72. The van der Waals surface area contributed by atoms with Crippen LogP contribution in [0.4, 0.5) is 0 Å². The van der Waals surface area contributed by atoms with Gasteiger partial charge in [-0.15, -0.1) is 0 Å². The van der Waals surface area contributed by atoms with Gasteiger partial charge in [0.2, 0.25) is 0 Å². The lowest BCUT2D eigenvalue weighted by Crippen LogP contribution is -2.23. The standard InChI is InChI=1S/C25H22N2O3/c1-2-19-6-3-4-7-20(19)8-5-9-22-17-26-15-14-23(22)24(28)27-16-18-10-12-21(13-11-18)25(29)30/h3-4,6-7,10-15,17H,2,8,16H2,1H3,(H,27,28)(H,29,30). The van der Waals surface area contributed by atoms with E-state index in [-0.39, 0.29) is 18.0 Å². The van der Waals surface area contributed by atoms with Crippen LogP contribution in [0.2, 0.25) is 0 Å². The highest BCUT2D eigenvalue weighted by Crippen LogP contribution is 2.11. The summed E-state index contributed by atoms with van der Waals surface area (Å²) in [5, 5.41) is 11.8. The summed E-state index contributed by atoms with van der Waals surface area (Å²) < 4.78 is 0. The van der Waals surface area contributed by atoms with Crippen molar-refractivity contribution in [1.82, 2.24) is 10.3 Å². The Morgan fingerprint density at radius 2 is 1.77 bits per heavy atom. The Balaban J connectivity index is 1.69. The van der Waals surface area contributed by atoms with Gasteiger partial charge in [0.1, 0.15) is 0 Å². The van der Waals surface area contributed by atoms with Crippen LogP contribution in [0.1, 0.15) is 49.9 Å². The lowest BCUT2D eigenvalue weighted by atomic mass is 10.0. The van der Waals surface area contributed by atoms with E-state index in [0.29, 0.717) is 17.5 Å². The van der Waals surface area contributed by atoms with Crippen molar-refractivity contribution in [3.05, 3.63) is 100 Å². The van der Waals surface area contributed by atoms with Crippen molar-refractivity contribution in [2.75, 3.05) is 0 Å². The van der Waals surface area contributed by atoms with E-state index in [9.17, 15) is 9.59 Å². The van der Waals surface area contributed by atoms with Gasteiger partial charge in [-0.25, -0.2) is 4.79 Å². The van der Waals surface area contributed by atoms with Crippen LogP contribution >= 0.6 is 0 Å². The average molecular weight is 398 g/mol. The van der Waals surface area contributed by atoms with Gasteiger partial charge in [0, 0.05) is 25.4 Å². The zero-order chi connectivity index (χ0) is 21.3. The monoisotopic (exact) mass is 398 g/mol. The van der Waals surface area contributed by atoms with Crippen LogP contribution in [0.15, 0.2) is 67.0 Å². The van der Waals surface area contributed by atoms with E-state index in [1.54, 1.807) is 30.6 Å². The molecule has 1 heterocycles. The molecule has 0 unspecified atom stereocenters. The first-order valence-electron chi connectivity index (χ1n) is 9.68. The largest absolute Gasteiger partial charge is 0.478 e. The van der Waals surface area contributed by atoms with E-state index in [4.69, 9.17) is 5.11 Å². The lowest BCUT2D eigenvalue weighted by Gasteiger charge is -2.07. The molecule has 30 heavy (non-hydrogen) atoms. The Hall–Kier alpha value is -3.91. The molecule has 0 radical (unpaired) electrons. The molecule has 3 rings (SSSR count). The summed E-state index contributed by atoms with van der Waals surface area (Å²) >= 11 is 0. The molecule has 1 aromatic heterocycles. The fourth-order valence-electron chi connectivity index (χ4n) is 3.04. The number of carbonyl (C=O) groups is 2. The molecule has 0 fully saturated rings. The van der Waals surface area contributed by atoms with E-state index >= 15 is 0 Å². The predicted molar refractivity (Wildman–Crippen MR) is 115 cm³/mol. The molecule has 5 nitrogen and oxygen atoms in total. The number of amides is 1. The molecule has 0 bridgehead atoms. The summed E-state index contributed by atoms with van der Waals surface area (Å²) in [7, 11) is 0. The first kappa shape index (κ1) is 20.8. The van der Waals surface area contributed by atoms with Gasteiger partial charge in [-0.1, -0.05) is 55.2 Å². The molecule has 0 saturated heterocycles. The number of nitrogens with zero attached hydrogens (tertiary/aromatic N) is 1. The van der Waals surface area contributed by atoms with Gasteiger partial charge < -0.3 is 10.4 Å². The van der Waals surface area contributed by atoms with Crippen LogP contribution in [-0.4, -0.2) is 22.0 Å². The SMILES string of the molecule is CCc1ccccc1CC#Cc1cnccc1C(=O)NCc1ccc(C(=O)O)cc1. The smallest absolute Gasteiger partial charge is 0.335 e. The number of benzene rings is 2. The number of carboxylic acids is 1. The molecule has 2 N–H and O–H groups in total. The Bertz CT molecular complexity index is 1110. The Labute approximate surface area is 175 Å². The first-order chi connectivity index (χ1) is 14.6. The lowest BCUT2D eigenvalue weighted by molar-refractivity contribution is 0.0696. The zero-order valence-corrected chi connectivity index (χ0v) is 16.7. The Morgan fingerprint density at radius 1 is 1.03 bits per heavy atom. The number of nitrogens with one attached hydrogen (secondary N) is 1. The summed E-state index contributed by atoms with van der Waals surface area (Å²) in [6, 6.07) is 16.2. The minimum atomic E-state index is -0.979. The number of hydrogen-bond donors (Lipinski definition) is 2. The molecule has 0 spiro atoms. The molecule has 0 saturated carbocycles. The number of aromatic carboxylic acids is 1. The van der Waals surface area contributed by atoms with Crippen molar-refractivity contribution in [1.29, 1.82) is 0 Å². The van der Waals surface area contributed by atoms with Crippen molar-refractivity contribution in [3.63, 3.8) is 0 Å². The van der Waals surface area contributed by atoms with Gasteiger partial charge in [-0.05, 0) is 41.3 Å². The van der Waals surface area contributed by atoms with Crippen molar-refractivity contribution >= 4 is 11.9 Å². The van der Waals surface area contributed by atoms with Gasteiger partial charge in [-0.2, -0.15) is 0 Å². The predicted octanol–water partition coefficient (Wildman–Crippen LogP) is 3.87. The number of rotatable bonds is 6. The van der Waals surface area contributed by atoms with E-state index in [2.05, 4.69) is 41.2 Å². The van der Waals surface area contributed by atoms with Crippen LogP contribution in [-0.2, 0) is 19.4 Å². The normalized spacial score (nSPS) is 10.0. The summed E-state index contributed by atoms with van der Waals surface area (Å²) in [6.45, 7) is 2.41. The summed E-state index contributed by atoms with van der Waals surface area (Å²) in [4.78, 5) is 27.7. The molecule has 1 amide bonds. The van der Waals surface area contributed by atoms with Crippen LogP contribution in [0.25, 0.3) is 0 Å². The van der Waals surface area contributed by atoms with E-state index < -0.39 is 5.97 Å². The van der Waals surface area contributed by atoms with Gasteiger partial charge >= 0.3 is 5.97 Å². The molecular formula is C25H22N2O3. The van der Waals surface area contributed by atoms with Gasteiger partial charge in [0.25, 0.3) is 5.91 Å². The van der Waals surface area contributed by atoms with Crippen molar-refractivity contribution in [2.24, 2.45) is 0 Å². The molecule has 150 valence electrons. The Morgan fingerprint density at radius 3 is 2.47 bits per heavy atom. The number of aryl methyl sites for hydroxylation is 1. The maximum Gasteiger partial charge on any atom is 0.335 e. The summed E-state index contributed by atoms with van der Waals surface area (Å²) in [5.74, 6) is 5.00. The second-order valence-corrected chi connectivity index (χ2v) is 6.71. The molecule has 3 aromatic rings. The zero-order valence-electron chi connectivity index (χ0n) is 16.7. The molecule has 0 aliphatic carbocycles. The third-order valence-electron chi connectivity index (χ3n) is 4.72. The fraction of sp³-hybridized carbons (Fsp3) is 0.160. The average Bonchev–Trinajstić information content (AvgIpc) is 2.78. The number of aromatic nitrogens is 1. The van der Waals surface area contributed by atoms with Crippen LogP contribution < -0.4 is 5.32 Å². The van der Waals surface area contributed by atoms with Crippen molar-refractivity contribution in [2.45, 2.75) is 26.3 Å². The van der Waals surface area contributed by atoms with Crippen molar-refractivity contribution in [3.8, 4) is 11.8 Å². The highest BCUT2D eigenvalue weighted by molar-refractivity contribution is 5.96. The number of carbonyl (C=O) groups excluding carboxylic acids is 1. The van der Waals surface area contributed by atoms with Gasteiger partial charge in [-0.3, -0.25) is 9.78 Å². The highest BCUT2D eigenvalue weighted by atomic mass is 16.4. The third kappa shape index (κ3) is 5.33. The van der Waals surface area contributed by atoms with E-state index in [1.165, 1.54) is 23.3 Å². The van der Waals surface area contributed by atoms with Crippen LogP contribution in [0.5, 0.6) is 0 Å². The molecular weight excluding hydrogens is 376 g/mol. The second kappa shape index (κ2) is 10.0. The highest BCUT2D eigenvalue weighted by Gasteiger charge is 2.10. The van der Waals surface area contributed by atoms with E-state index in [1.807, 2.05) is 12.1 Å². The number of carboxylic acid groups (broad SMARTS) is 1. The van der Waals surface area contributed by atoms with Crippen molar-refractivity contribution < 1.29 is 14.7 Å². The quantitative estimate of drug-likeness (QED) is 0.618. The maximum atomic E-state index is 12.6. The van der Waals surface area contributed by atoms with Crippen LogP contribution in [0.3, 0.4) is 0 Å². The molecule has 0 aliphatic rings. The molecule has 0 atom stereocenters. The number of hydrogen-bond acceptors (Lipinski definition) is 3. The second-order valence-electron chi connectivity index (χ2n) is 6.71. The number of pyridine rings is 1. The molecule has 5 heteroatoms. The maximum absolute atomic E-state index is 12.6. The van der Waals surface area contributed by atoms with Gasteiger partial charge in [0.05, 0.1) is 16.7 Å². The first-order valence-corrected chi connectivity index (χ1v) is 9.68. The Kier molecular flexibility index (Phi) is 6.96. The minimum Gasteiger partial charge on any atom is -0.478 e. The van der Waals surface area contributed by atoms with Crippen LogP contribution in [0, 0.1) is 11.8 Å². The minimum absolute atomic E-state index is 0.210. The molecule has 2 aromatic carbocycles. The van der Waals surface area contributed by atoms with E-state index in [0.717, 1.165) is 12.0 Å². The fourth-order valence-corrected chi connectivity index (χ4v) is 3.04. The summed E-state index contributed by atoms with van der Waals surface area (Å²) in [5.41, 5.74) is 4.51.